The van der Waals surface area contributed by atoms with Crippen LogP contribution in [0.25, 0.3) is 16.6 Å². The zero-order chi connectivity index (χ0) is 48.7. The van der Waals surface area contributed by atoms with Gasteiger partial charge in [-0.05, 0) is 130 Å². The van der Waals surface area contributed by atoms with E-state index in [0.29, 0.717) is 54.6 Å². The number of benzene rings is 3. The number of carbonyl (C=O) groups excluding carboxylic acids is 1. The Bertz CT molecular complexity index is 2910. The third-order valence-electron chi connectivity index (χ3n) is 15.1. The van der Waals surface area contributed by atoms with Crippen LogP contribution in [0.4, 0.5) is 28.4 Å². The van der Waals surface area contributed by atoms with E-state index >= 15 is 0 Å². The van der Waals surface area contributed by atoms with Gasteiger partial charge in [0.2, 0.25) is 5.88 Å². The summed E-state index contributed by atoms with van der Waals surface area (Å²) in [5, 5.41) is 17.4. The molecule has 5 aliphatic rings. The number of rotatable bonds is 13. The number of hydrogen-bond acceptors (Lipinski definition) is 13. The molecule has 0 radical (unpaired) electrons. The Morgan fingerprint density at radius 3 is 2.46 bits per heavy atom. The molecule has 0 spiro atoms. The van der Waals surface area contributed by atoms with Gasteiger partial charge in [0.05, 0.1) is 46.9 Å². The van der Waals surface area contributed by atoms with Gasteiger partial charge in [-0.2, -0.15) is 4.98 Å². The number of likely N-dealkylation sites (N-methyl/N-ethyl adjacent to an activating group) is 1. The number of nitro benzene ring substituents is 1. The van der Waals surface area contributed by atoms with E-state index in [1.54, 1.807) is 12.3 Å². The predicted molar refractivity (Wildman–Crippen MR) is 274 cm³/mol. The van der Waals surface area contributed by atoms with Crippen molar-refractivity contribution in [3.05, 3.63) is 111 Å². The van der Waals surface area contributed by atoms with Crippen LogP contribution in [0.15, 0.2) is 89.5 Å². The number of ether oxygens (including phenoxy) is 2. The molecule has 5 aromatic rings. The third-order valence-corrected chi connectivity index (χ3v) is 16.7. The maximum atomic E-state index is 14.5. The molecule has 1 amide bonds. The number of sulfonamides is 1. The quantitative estimate of drug-likeness (QED) is 0.0753. The number of aromatic amines is 1. The fourth-order valence-electron chi connectivity index (χ4n) is 10.8. The first-order valence-electron chi connectivity index (χ1n) is 24.6. The van der Waals surface area contributed by atoms with Crippen LogP contribution in [0.1, 0.15) is 81.1 Å². The Kier molecular flexibility index (Phi) is 13.6. The van der Waals surface area contributed by atoms with Crippen molar-refractivity contribution in [3.63, 3.8) is 0 Å². The Labute approximate surface area is 414 Å². The van der Waals surface area contributed by atoms with Gasteiger partial charge in [0.15, 0.2) is 0 Å². The molecule has 10 rings (SSSR count). The molecular weight excluding hydrogens is 930 g/mol. The number of nitrogens with zero attached hydrogens (tertiary/aromatic N) is 6. The number of allylic oxidation sites excluding steroid dienone is 1. The van der Waals surface area contributed by atoms with Crippen LogP contribution >= 0.6 is 11.6 Å². The van der Waals surface area contributed by atoms with Crippen LogP contribution in [0, 0.1) is 15.5 Å². The minimum Gasteiger partial charge on any atom is -0.476 e. The topological polar surface area (TPSA) is 179 Å². The first kappa shape index (κ1) is 47.9. The standard InChI is InChI=1S/C52H62ClN9O7S/c1-52(2)19-17-36(44(30-52)34-5-7-37(53)8-6-34)31-59-22-24-60(25-23-59)40-13-15-43(46(28-40)61-21-4-26-69-51-48(61)27-35-18-20-54-49(35)56-51)50(63)57-70(66,67)42-14-16-45(47(29-42)62(64)65)55-38-9-11-39(12-10-38)58(3)41-32-68-33-41/h5-8,13-16,18,20,27-29,38-39,41,55H,4,9-12,17,19,21-26,30-33H2,1-3H3,(H,54,56)(H,57,63). The number of nitrogens with one attached hydrogen (secondary N) is 3. The molecule has 370 valence electrons. The van der Waals surface area contributed by atoms with Crippen molar-refractivity contribution in [2.24, 2.45) is 5.41 Å². The first-order chi connectivity index (χ1) is 33.7. The average Bonchev–Trinajstić information content (AvgIpc) is 3.69. The van der Waals surface area contributed by atoms with Gasteiger partial charge in [-0.25, -0.2) is 13.1 Å². The van der Waals surface area contributed by atoms with Crippen LogP contribution in [-0.4, -0.2) is 123 Å². The highest BCUT2D eigenvalue weighted by molar-refractivity contribution is 7.90. The van der Waals surface area contributed by atoms with Gasteiger partial charge >= 0.3 is 0 Å². The lowest BCUT2D eigenvalue weighted by Gasteiger charge is -2.42. The molecule has 16 nitrogen and oxygen atoms in total. The monoisotopic (exact) mass is 991 g/mol. The normalized spacial score (nSPS) is 21.2. The van der Waals surface area contributed by atoms with Crippen LogP contribution in [0.5, 0.6) is 5.88 Å². The summed E-state index contributed by atoms with van der Waals surface area (Å²) in [6, 6.07) is 22.2. The minimum absolute atomic E-state index is 0.00697. The van der Waals surface area contributed by atoms with E-state index in [2.05, 4.69) is 62.8 Å². The van der Waals surface area contributed by atoms with Crippen molar-refractivity contribution < 1.29 is 27.6 Å². The molecule has 0 bridgehead atoms. The van der Waals surface area contributed by atoms with Crippen LogP contribution < -0.4 is 24.6 Å². The fourth-order valence-corrected chi connectivity index (χ4v) is 11.9. The molecule has 2 aliphatic carbocycles. The van der Waals surface area contributed by atoms with E-state index < -0.39 is 20.9 Å². The zero-order valence-electron chi connectivity index (χ0n) is 40.1. The highest BCUT2D eigenvalue weighted by atomic mass is 35.5. The van der Waals surface area contributed by atoms with Gasteiger partial charge in [-0.15, -0.1) is 0 Å². The number of pyridine rings is 1. The Morgan fingerprint density at radius 1 is 0.957 bits per heavy atom. The van der Waals surface area contributed by atoms with Gasteiger partial charge < -0.3 is 29.6 Å². The summed E-state index contributed by atoms with van der Waals surface area (Å²) >= 11 is 6.29. The number of aromatic nitrogens is 2. The lowest BCUT2D eigenvalue weighted by molar-refractivity contribution is -0.384. The van der Waals surface area contributed by atoms with Crippen LogP contribution in [0.2, 0.25) is 5.02 Å². The number of anilines is 4. The third kappa shape index (κ3) is 10.2. The molecule has 0 atom stereocenters. The second kappa shape index (κ2) is 19.8. The molecule has 1 saturated carbocycles. The molecule has 3 aromatic carbocycles. The highest BCUT2D eigenvalue weighted by Gasteiger charge is 2.34. The number of hydrogen-bond donors (Lipinski definition) is 3. The molecule has 3 N–H and O–H groups in total. The van der Waals surface area contributed by atoms with Crippen molar-refractivity contribution in [2.75, 3.05) is 81.3 Å². The summed E-state index contributed by atoms with van der Waals surface area (Å²) in [5.74, 6) is -0.469. The second-order valence-electron chi connectivity index (χ2n) is 20.4. The van der Waals surface area contributed by atoms with E-state index in [4.69, 9.17) is 26.1 Å². The van der Waals surface area contributed by atoms with Gasteiger partial charge in [0.1, 0.15) is 17.0 Å². The minimum atomic E-state index is -4.58. The number of amides is 1. The summed E-state index contributed by atoms with van der Waals surface area (Å²) < 4.78 is 42.0. The molecule has 3 aliphatic heterocycles. The largest absolute Gasteiger partial charge is 0.476 e. The van der Waals surface area contributed by atoms with Crippen LogP contribution in [-0.2, 0) is 14.8 Å². The number of carbonyl (C=O) groups is 1. The highest BCUT2D eigenvalue weighted by Crippen LogP contribution is 2.44. The van der Waals surface area contributed by atoms with Crippen LogP contribution in [0.3, 0.4) is 0 Å². The van der Waals surface area contributed by atoms with E-state index in [1.807, 2.05) is 41.3 Å². The van der Waals surface area contributed by atoms with E-state index in [-0.39, 0.29) is 33.3 Å². The average molecular weight is 993 g/mol. The Morgan fingerprint density at radius 2 is 1.73 bits per heavy atom. The molecule has 18 heteroatoms. The van der Waals surface area contributed by atoms with Gasteiger partial charge in [0.25, 0.3) is 21.6 Å². The maximum absolute atomic E-state index is 14.5. The number of fused-ring (bicyclic) bond motifs is 2. The summed E-state index contributed by atoms with van der Waals surface area (Å²) in [5.41, 5.74) is 7.04. The number of nitro groups is 1. The smallest absolute Gasteiger partial charge is 0.293 e. The summed E-state index contributed by atoms with van der Waals surface area (Å²) in [7, 11) is -2.46. The maximum Gasteiger partial charge on any atom is 0.293 e. The lowest BCUT2D eigenvalue weighted by atomic mass is 9.72. The van der Waals surface area contributed by atoms with Gasteiger partial charge in [-0.3, -0.25) is 24.7 Å². The SMILES string of the molecule is CN(C1CCC(Nc2ccc(S(=O)(=O)NC(=O)c3ccc(N4CCN(CC5=C(c6ccc(Cl)cc6)CC(C)(C)CC5)CC4)cc3N3CCCOc4nc5[nH]ccc5cc43)cc2[N+](=O)[O-])CC1)C1COC1. The summed E-state index contributed by atoms with van der Waals surface area (Å²) in [6.07, 6.45) is 9.12. The molecule has 3 fully saturated rings. The van der Waals surface area contributed by atoms with Gasteiger partial charge in [-0.1, -0.05) is 43.2 Å². The zero-order valence-corrected chi connectivity index (χ0v) is 41.7. The van der Waals surface area contributed by atoms with Crippen molar-refractivity contribution >= 4 is 72.6 Å². The molecule has 5 heterocycles. The lowest BCUT2D eigenvalue weighted by Crippen LogP contribution is -2.52. The van der Waals surface area contributed by atoms with Crippen molar-refractivity contribution in [1.82, 2.24) is 24.5 Å². The molecular formula is C52H62ClN9O7S. The predicted octanol–water partition coefficient (Wildman–Crippen LogP) is 9.00. The van der Waals surface area contributed by atoms with Crippen molar-refractivity contribution in [3.8, 4) is 5.88 Å². The molecule has 2 saturated heterocycles. The van der Waals surface area contributed by atoms with Crippen molar-refractivity contribution in [1.29, 1.82) is 0 Å². The number of halogens is 1. The fraction of sp³-hybridized carbons (Fsp3) is 0.462. The summed E-state index contributed by atoms with van der Waals surface area (Å²) in [6.45, 7) is 11.1. The second-order valence-corrected chi connectivity index (χ2v) is 22.5. The Hall–Kier alpha value is -5.72. The molecule has 0 unspecified atom stereocenters. The molecule has 70 heavy (non-hydrogen) atoms. The van der Waals surface area contributed by atoms with E-state index in [9.17, 15) is 23.3 Å². The first-order valence-corrected chi connectivity index (χ1v) is 26.4. The molecule has 2 aromatic heterocycles. The Balaban J connectivity index is 0.893. The van der Waals surface area contributed by atoms with E-state index in [0.717, 1.165) is 113 Å². The van der Waals surface area contributed by atoms with E-state index in [1.165, 1.54) is 28.8 Å². The van der Waals surface area contributed by atoms with Crippen molar-refractivity contribution in [2.45, 2.75) is 88.2 Å². The number of piperazine rings is 1. The summed E-state index contributed by atoms with van der Waals surface area (Å²) in [4.78, 5) is 43.1. The number of H-pyrrole nitrogens is 1. The van der Waals surface area contributed by atoms with Gasteiger partial charge in [0, 0.05) is 79.7 Å².